The van der Waals surface area contributed by atoms with Crippen molar-refractivity contribution < 1.29 is 18.0 Å². The largest absolute Gasteiger partial charge is 0.539 e. The molecule has 21 heavy (non-hydrogen) atoms. The fraction of sp³-hybridized carbons (Fsp3) is 0.200. The molecule has 2 aromatic rings. The van der Waals surface area contributed by atoms with E-state index in [0.717, 1.165) is 10.2 Å². The molecule has 4 nitrogen and oxygen atoms in total. The summed E-state index contributed by atoms with van der Waals surface area (Å²) in [5.41, 5.74) is 0. The molecule has 0 spiro atoms. The second-order valence-electron chi connectivity index (χ2n) is 4.10. The minimum atomic E-state index is -3.03. The molecule has 1 atom stereocenters. The maximum atomic E-state index is 6.01. The smallest absolute Gasteiger partial charge is 0.453 e. The molecular weight excluding hydrogens is 304 g/mol. The molecule has 0 radical (unpaired) electrons. The van der Waals surface area contributed by atoms with Crippen molar-refractivity contribution in [1.82, 2.24) is 0 Å². The van der Waals surface area contributed by atoms with Gasteiger partial charge in [-0.1, -0.05) is 36.9 Å². The molecule has 0 aliphatic carbocycles. The van der Waals surface area contributed by atoms with Gasteiger partial charge in [0.25, 0.3) is 0 Å². The predicted molar refractivity (Wildman–Crippen MR) is 85.9 cm³/mol. The highest BCUT2D eigenvalue weighted by molar-refractivity contribution is 7.11. The summed E-state index contributed by atoms with van der Waals surface area (Å²) in [7, 11) is 0.126. The van der Waals surface area contributed by atoms with Crippen molar-refractivity contribution in [1.29, 1.82) is 0 Å². The third kappa shape index (κ3) is 3.81. The Kier molecular flexibility index (Phi) is 5.72. The Morgan fingerprint density at radius 3 is 2.33 bits per heavy atom. The van der Waals surface area contributed by atoms with Crippen molar-refractivity contribution in [3.05, 3.63) is 60.5 Å². The zero-order valence-electron chi connectivity index (χ0n) is 12.0. The summed E-state index contributed by atoms with van der Waals surface area (Å²) in [6.45, 7) is 3.75. The summed E-state index contributed by atoms with van der Waals surface area (Å²) >= 11 is 1.49. The lowest BCUT2D eigenvalue weighted by atomic mass is 10.4. The van der Waals surface area contributed by atoms with Crippen LogP contribution in [0.25, 0.3) is 0 Å². The molecule has 1 unspecified atom stereocenters. The second-order valence-corrected chi connectivity index (χ2v) is 7.75. The quantitative estimate of drug-likeness (QED) is 0.425. The van der Waals surface area contributed by atoms with E-state index in [-0.39, 0.29) is 0 Å². The van der Waals surface area contributed by atoms with Crippen molar-refractivity contribution in [2.75, 3.05) is 14.2 Å². The van der Waals surface area contributed by atoms with Crippen LogP contribution in [0, 0.1) is 0 Å². The molecule has 0 fully saturated rings. The average molecular weight is 322 g/mol. The number of hydrogen-bond acceptors (Lipinski definition) is 5. The van der Waals surface area contributed by atoms with Crippen LogP contribution in [0.4, 0.5) is 0 Å². The molecule has 0 bridgehead atoms. The van der Waals surface area contributed by atoms with Crippen molar-refractivity contribution in [2.24, 2.45) is 0 Å². The summed E-state index contributed by atoms with van der Waals surface area (Å²) in [6.07, 6.45) is 0.943. The zero-order valence-corrected chi connectivity index (χ0v) is 13.8. The molecule has 112 valence electrons. The first-order chi connectivity index (χ1) is 10.2. The van der Waals surface area contributed by atoms with Crippen LogP contribution in [0.3, 0.4) is 0 Å². The van der Waals surface area contributed by atoms with Gasteiger partial charge in [-0.15, -0.1) is 11.3 Å². The minimum absolute atomic E-state index is 0.643. The van der Waals surface area contributed by atoms with Crippen molar-refractivity contribution in [3.63, 3.8) is 0 Å². The molecule has 0 N–H and O–H groups in total. The van der Waals surface area contributed by atoms with E-state index in [4.69, 9.17) is 18.0 Å². The first-order valence-corrected chi connectivity index (χ1v) is 9.01. The Morgan fingerprint density at radius 2 is 1.81 bits per heavy atom. The third-order valence-corrected chi connectivity index (χ3v) is 6.27. The standard InChI is InChI=1S/C15H18O4SSi/c1-4-14(18-15-11-8-12-20-15)19-21(16-2,17-3)13-9-6-5-7-10-13/h4-12,14H,1H2,2-3H3. The normalized spacial score (nSPS) is 12.9. The van der Waals surface area contributed by atoms with E-state index in [2.05, 4.69) is 6.58 Å². The summed E-state index contributed by atoms with van der Waals surface area (Å²) in [6, 6.07) is 13.4. The number of hydrogen-bond donors (Lipinski definition) is 0. The Bertz CT molecular complexity index is 540. The van der Waals surface area contributed by atoms with E-state index in [1.165, 1.54) is 11.3 Å². The highest BCUT2D eigenvalue weighted by Gasteiger charge is 2.44. The minimum Gasteiger partial charge on any atom is -0.453 e. The molecule has 2 rings (SSSR count). The fourth-order valence-electron chi connectivity index (χ4n) is 1.84. The first kappa shape index (κ1) is 15.9. The number of benzene rings is 1. The average Bonchev–Trinajstić information content (AvgIpc) is 3.05. The van der Waals surface area contributed by atoms with Gasteiger partial charge < -0.3 is 18.0 Å². The highest BCUT2D eigenvalue weighted by atomic mass is 32.1. The van der Waals surface area contributed by atoms with Crippen molar-refractivity contribution in [3.8, 4) is 5.06 Å². The number of rotatable bonds is 8. The molecule has 0 aliphatic rings. The lowest BCUT2D eigenvalue weighted by Crippen LogP contribution is -2.57. The van der Waals surface area contributed by atoms with E-state index >= 15 is 0 Å². The molecule has 6 heteroatoms. The zero-order chi connectivity index (χ0) is 15.1. The van der Waals surface area contributed by atoms with Crippen LogP contribution >= 0.6 is 11.3 Å². The van der Waals surface area contributed by atoms with Gasteiger partial charge in [0.05, 0.1) is 0 Å². The van der Waals surface area contributed by atoms with Crippen molar-refractivity contribution in [2.45, 2.75) is 6.29 Å². The fourth-order valence-corrected chi connectivity index (χ4v) is 4.46. The Labute approximate surface area is 129 Å². The van der Waals surface area contributed by atoms with Crippen LogP contribution in [0.15, 0.2) is 60.5 Å². The van der Waals surface area contributed by atoms with Crippen LogP contribution in [0.5, 0.6) is 5.06 Å². The number of thiophene rings is 1. The lowest BCUT2D eigenvalue weighted by molar-refractivity contribution is -0.0118. The Hall–Kier alpha value is -1.44. The van der Waals surface area contributed by atoms with Gasteiger partial charge in [0.1, 0.15) is 0 Å². The molecule has 0 aliphatic heterocycles. The van der Waals surface area contributed by atoms with Crippen LogP contribution < -0.4 is 9.92 Å². The van der Waals surface area contributed by atoms with E-state index in [1.54, 1.807) is 20.3 Å². The Balaban J connectivity index is 2.20. The Morgan fingerprint density at radius 1 is 1.10 bits per heavy atom. The summed E-state index contributed by atoms with van der Waals surface area (Å²) in [5.74, 6) is 0. The summed E-state index contributed by atoms with van der Waals surface area (Å²) in [5, 5.41) is 3.56. The molecule has 0 saturated heterocycles. The van der Waals surface area contributed by atoms with Gasteiger partial charge in [-0.25, -0.2) is 0 Å². The molecule has 1 aromatic carbocycles. The SMILES string of the molecule is C=CC(Oc1cccs1)O[Si](OC)(OC)c1ccccc1. The van der Waals surface area contributed by atoms with E-state index in [0.29, 0.717) is 0 Å². The number of ether oxygens (including phenoxy) is 1. The van der Waals surface area contributed by atoms with Gasteiger partial charge in [-0.3, -0.25) is 0 Å². The van der Waals surface area contributed by atoms with Gasteiger partial charge in [0.15, 0.2) is 5.06 Å². The van der Waals surface area contributed by atoms with Gasteiger partial charge in [0.2, 0.25) is 6.29 Å². The maximum absolute atomic E-state index is 6.01. The highest BCUT2D eigenvalue weighted by Crippen LogP contribution is 2.22. The van der Waals surface area contributed by atoms with Crippen LogP contribution in [0.2, 0.25) is 0 Å². The molecular formula is C15H18O4SSi. The lowest BCUT2D eigenvalue weighted by Gasteiger charge is -2.29. The van der Waals surface area contributed by atoms with Gasteiger partial charge in [-0.2, -0.15) is 0 Å². The van der Waals surface area contributed by atoms with Crippen LogP contribution in [0.1, 0.15) is 0 Å². The van der Waals surface area contributed by atoms with E-state index < -0.39 is 15.1 Å². The third-order valence-electron chi connectivity index (χ3n) is 2.86. The van der Waals surface area contributed by atoms with Crippen LogP contribution in [-0.2, 0) is 13.3 Å². The molecule has 0 amide bonds. The van der Waals surface area contributed by atoms with Crippen LogP contribution in [-0.4, -0.2) is 29.3 Å². The van der Waals surface area contributed by atoms with Gasteiger partial charge in [-0.05, 0) is 23.6 Å². The van der Waals surface area contributed by atoms with Crippen molar-refractivity contribution >= 4 is 25.3 Å². The summed E-state index contributed by atoms with van der Waals surface area (Å²) < 4.78 is 22.9. The topological polar surface area (TPSA) is 36.9 Å². The monoisotopic (exact) mass is 322 g/mol. The second kappa shape index (κ2) is 7.53. The predicted octanol–water partition coefficient (Wildman–Crippen LogP) is 2.79. The molecule has 1 aromatic heterocycles. The first-order valence-electron chi connectivity index (χ1n) is 6.40. The maximum Gasteiger partial charge on any atom is 0.539 e. The molecule has 1 heterocycles. The van der Waals surface area contributed by atoms with Gasteiger partial charge >= 0.3 is 8.80 Å². The van der Waals surface area contributed by atoms with E-state index in [1.807, 2.05) is 47.8 Å². The molecule has 0 saturated carbocycles. The van der Waals surface area contributed by atoms with Gasteiger partial charge in [0, 0.05) is 19.4 Å². The summed E-state index contributed by atoms with van der Waals surface area (Å²) in [4.78, 5) is 0. The van der Waals surface area contributed by atoms with E-state index in [9.17, 15) is 0 Å².